The molecule has 0 bridgehead atoms. The van der Waals surface area contributed by atoms with Crippen molar-refractivity contribution in [2.24, 2.45) is 5.10 Å². The minimum Gasteiger partial charge on any atom is -0.271 e. The second kappa shape index (κ2) is 10.5. The zero-order valence-electron chi connectivity index (χ0n) is 18.7. The van der Waals surface area contributed by atoms with Gasteiger partial charge in [-0.25, -0.2) is 13.8 Å². The molecule has 3 rings (SSSR count). The third kappa shape index (κ3) is 6.40. The Bertz CT molecular complexity index is 1340. The summed E-state index contributed by atoms with van der Waals surface area (Å²) in [5.41, 5.74) is 2.90. The maximum absolute atomic E-state index is 13.4. The Morgan fingerprint density at radius 1 is 1.03 bits per heavy atom. The van der Waals surface area contributed by atoms with Crippen LogP contribution in [0.2, 0.25) is 5.02 Å². The first-order chi connectivity index (χ1) is 16.4. The number of nitrogens with zero attached hydrogens (tertiary/aromatic N) is 2. The van der Waals surface area contributed by atoms with Crippen LogP contribution < -0.4 is 9.73 Å². The van der Waals surface area contributed by atoms with Crippen LogP contribution in [0.5, 0.6) is 0 Å². The van der Waals surface area contributed by atoms with Crippen molar-refractivity contribution in [1.82, 2.24) is 5.43 Å². The number of aryl methyl sites for hydroxylation is 1. The first-order valence-corrected chi connectivity index (χ1v) is 12.1. The molecule has 0 radical (unpaired) electrons. The predicted octanol–water partition coefficient (Wildman–Crippen LogP) is 5.40. The van der Waals surface area contributed by atoms with Gasteiger partial charge in [0.05, 0.1) is 26.9 Å². The summed E-state index contributed by atoms with van der Waals surface area (Å²) in [7, 11) is -4.41. The number of anilines is 1. The van der Waals surface area contributed by atoms with Crippen LogP contribution in [0, 0.1) is 6.92 Å². The summed E-state index contributed by atoms with van der Waals surface area (Å²) in [5, 5.41) is 3.39. The van der Waals surface area contributed by atoms with E-state index < -0.39 is 39.2 Å². The molecule has 0 atom stereocenters. The highest BCUT2D eigenvalue weighted by Gasteiger charge is 2.35. The van der Waals surface area contributed by atoms with Crippen LogP contribution in [0.4, 0.5) is 18.9 Å². The smallest absolute Gasteiger partial charge is 0.271 e. The molecule has 1 amide bonds. The second-order valence-corrected chi connectivity index (χ2v) is 9.85. The van der Waals surface area contributed by atoms with Gasteiger partial charge in [-0.15, -0.1) is 0 Å². The number of hydrogen-bond donors (Lipinski definition) is 1. The van der Waals surface area contributed by atoms with Gasteiger partial charge in [-0.3, -0.25) is 9.10 Å². The molecule has 0 fully saturated rings. The lowest BCUT2D eigenvalue weighted by Crippen LogP contribution is -2.40. The Hall–Kier alpha value is -3.37. The molecule has 3 aromatic carbocycles. The Labute approximate surface area is 206 Å². The molecule has 0 heterocycles. The third-order valence-electron chi connectivity index (χ3n) is 4.98. The lowest BCUT2D eigenvalue weighted by Gasteiger charge is -2.25. The van der Waals surface area contributed by atoms with Gasteiger partial charge in [0.15, 0.2) is 0 Å². The Balaban J connectivity index is 1.96. The Morgan fingerprint density at radius 2 is 1.66 bits per heavy atom. The van der Waals surface area contributed by atoms with Crippen LogP contribution in [0.3, 0.4) is 0 Å². The quantitative estimate of drug-likeness (QED) is 0.332. The first-order valence-electron chi connectivity index (χ1n) is 10.2. The van der Waals surface area contributed by atoms with Gasteiger partial charge < -0.3 is 0 Å². The van der Waals surface area contributed by atoms with Gasteiger partial charge in [-0.2, -0.15) is 18.3 Å². The fourth-order valence-corrected chi connectivity index (χ4v) is 4.75. The van der Waals surface area contributed by atoms with E-state index in [1.165, 1.54) is 24.3 Å². The number of hydrogen-bond acceptors (Lipinski definition) is 4. The van der Waals surface area contributed by atoms with Crippen LogP contribution in [-0.4, -0.2) is 26.6 Å². The van der Waals surface area contributed by atoms with Crippen molar-refractivity contribution in [3.05, 3.63) is 94.5 Å². The molecule has 0 aliphatic heterocycles. The summed E-state index contributed by atoms with van der Waals surface area (Å²) in [6, 6.07) is 17.0. The number of halogens is 4. The molecular weight excluding hydrogens is 503 g/mol. The topological polar surface area (TPSA) is 78.8 Å². The van der Waals surface area contributed by atoms with Crippen LogP contribution in [0.25, 0.3) is 0 Å². The standard InChI is InChI=1S/C24H21ClF3N3O3S/c1-16-8-10-18(11-9-16)17(2)29-30-23(32)15-31(35(33,34)20-6-4-3-5-7-20)19-12-13-22(25)21(14-19)24(26,27)28/h3-14H,15H2,1-2H3,(H,30,32)/b29-17-. The fraction of sp³-hybridized carbons (Fsp3) is 0.167. The fourth-order valence-electron chi connectivity index (χ4n) is 3.09. The van der Waals surface area contributed by atoms with Gasteiger partial charge in [-0.1, -0.05) is 59.6 Å². The highest BCUT2D eigenvalue weighted by molar-refractivity contribution is 7.92. The van der Waals surface area contributed by atoms with Gasteiger partial charge in [0.1, 0.15) is 6.54 Å². The van der Waals surface area contributed by atoms with Crippen molar-refractivity contribution in [1.29, 1.82) is 0 Å². The predicted molar refractivity (Wildman–Crippen MR) is 129 cm³/mol. The van der Waals surface area contributed by atoms with Crippen molar-refractivity contribution < 1.29 is 26.4 Å². The molecule has 0 saturated heterocycles. The van der Waals surface area contributed by atoms with E-state index in [1.54, 1.807) is 25.1 Å². The van der Waals surface area contributed by atoms with E-state index in [1.807, 2.05) is 19.1 Å². The van der Waals surface area contributed by atoms with Crippen LogP contribution >= 0.6 is 11.6 Å². The minimum atomic E-state index is -4.83. The lowest BCUT2D eigenvalue weighted by atomic mass is 10.1. The lowest BCUT2D eigenvalue weighted by molar-refractivity contribution is -0.137. The number of sulfonamides is 1. The van der Waals surface area contributed by atoms with E-state index in [0.29, 0.717) is 16.1 Å². The van der Waals surface area contributed by atoms with Gasteiger partial charge in [0.25, 0.3) is 15.9 Å². The Kier molecular flexibility index (Phi) is 7.86. The highest BCUT2D eigenvalue weighted by Crippen LogP contribution is 2.38. The second-order valence-electron chi connectivity index (χ2n) is 7.58. The van der Waals surface area contributed by atoms with Gasteiger partial charge in [-0.05, 0) is 49.7 Å². The number of carbonyl (C=O) groups is 1. The zero-order chi connectivity index (χ0) is 25.8. The van der Waals surface area contributed by atoms with E-state index in [4.69, 9.17) is 11.6 Å². The van der Waals surface area contributed by atoms with Crippen molar-refractivity contribution in [3.63, 3.8) is 0 Å². The summed E-state index contributed by atoms with van der Waals surface area (Å²) >= 11 is 5.69. The molecule has 0 aliphatic rings. The van der Waals surface area contributed by atoms with Gasteiger partial charge in [0.2, 0.25) is 0 Å². The number of alkyl halides is 3. The molecule has 184 valence electrons. The average molecular weight is 524 g/mol. The van der Waals surface area contributed by atoms with Crippen molar-refractivity contribution in [2.75, 3.05) is 10.8 Å². The van der Waals surface area contributed by atoms with E-state index in [0.717, 1.165) is 23.3 Å². The SMILES string of the molecule is C/C(=N/NC(=O)CN(c1ccc(Cl)c(C(F)(F)F)c1)S(=O)(=O)c1ccccc1)c1ccc(C)cc1. The van der Waals surface area contributed by atoms with Crippen molar-refractivity contribution in [3.8, 4) is 0 Å². The maximum Gasteiger partial charge on any atom is 0.417 e. The molecule has 6 nitrogen and oxygen atoms in total. The number of amides is 1. The number of rotatable bonds is 7. The number of carbonyl (C=O) groups excluding carboxylic acids is 1. The van der Waals surface area contributed by atoms with Crippen molar-refractivity contribution in [2.45, 2.75) is 24.9 Å². The summed E-state index contributed by atoms with van der Waals surface area (Å²) < 4.78 is 67.4. The molecule has 0 saturated carbocycles. The first kappa shape index (κ1) is 26.2. The Morgan fingerprint density at radius 3 is 2.26 bits per heavy atom. The summed E-state index contributed by atoms with van der Waals surface area (Å²) in [4.78, 5) is 12.5. The normalized spacial score (nSPS) is 12.3. The van der Waals surface area contributed by atoms with Gasteiger partial charge in [0, 0.05) is 0 Å². The van der Waals surface area contributed by atoms with Crippen LogP contribution in [0.1, 0.15) is 23.6 Å². The number of nitrogens with one attached hydrogen (secondary N) is 1. The number of hydrazone groups is 1. The number of benzene rings is 3. The summed E-state index contributed by atoms with van der Waals surface area (Å²) in [6.07, 6.45) is -4.83. The van der Waals surface area contributed by atoms with Crippen molar-refractivity contribution >= 4 is 38.9 Å². The molecule has 11 heteroatoms. The molecule has 35 heavy (non-hydrogen) atoms. The van der Waals surface area contributed by atoms with Gasteiger partial charge >= 0.3 is 6.18 Å². The zero-order valence-corrected chi connectivity index (χ0v) is 20.2. The highest BCUT2D eigenvalue weighted by atomic mass is 35.5. The molecule has 0 spiro atoms. The molecule has 0 unspecified atom stereocenters. The monoisotopic (exact) mass is 523 g/mol. The molecule has 0 aliphatic carbocycles. The molecule has 3 aromatic rings. The minimum absolute atomic E-state index is 0.198. The molecule has 0 aromatic heterocycles. The largest absolute Gasteiger partial charge is 0.417 e. The van der Waals surface area contributed by atoms with E-state index >= 15 is 0 Å². The van der Waals surface area contributed by atoms with Crippen LogP contribution in [0.15, 0.2) is 82.8 Å². The summed E-state index contributed by atoms with van der Waals surface area (Å²) in [6.45, 7) is 2.75. The molecule has 1 N–H and O–H groups in total. The maximum atomic E-state index is 13.4. The average Bonchev–Trinajstić information content (AvgIpc) is 2.81. The van der Waals surface area contributed by atoms with E-state index in [9.17, 15) is 26.4 Å². The van der Waals surface area contributed by atoms with E-state index in [2.05, 4.69) is 10.5 Å². The van der Waals surface area contributed by atoms with E-state index in [-0.39, 0.29) is 10.6 Å². The molecular formula is C24H21ClF3N3O3S. The summed E-state index contributed by atoms with van der Waals surface area (Å²) in [5.74, 6) is -0.848. The van der Waals surface area contributed by atoms with Crippen LogP contribution in [-0.2, 0) is 21.0 Å². The third-order valence-corrected chi connectivity index (χ3v) is 7.10.